The van der Waals surface area contributed by atoms with E-state index >= 15 is 0 Å². The summed E-state index contributed by atoms with van der Waals surface area (Å²) in [6, 6.07) is 15.0. The first-order chi connectivity index (χ1) is 14.6. The summed E-state index contributed by atoms with van der Waals surface area (Å²) in [6.07, 6.45) is -9.27. The number of anilines is 1. The van der Waals surface area contributed by atoms with Crippen LogP contribution in [0.1, 0.15) is 17.2 Å². The second kappa shape index (κ2) is 7.72. The Labute approximate surface area is 173 Å². The van der Waals surface area contributed by atoms with Gasteiger partial charge in [0.25, 0.3) is 0 Å². The van der Waals surface area contributed by atoms with E-state index < -0.39 is 24.1 Å². The second-order valence-corrected chi connectivity index (χ2v) is 6.89. The molecule has 3 nitrogen and oxygen atoms in total. The van der Waals surface area contributed by atoms with Gasteiger partial charge in [-0.15, -0.1) is 13.2 Å². The van der Waals surface area contributed by atoms with Gasteiger partial charge in [-0.1, -0.05) is 36.4 Å². The Kier molecular flexibility index (Phi) is 5.20. The lowest BCUT2D eigenvalue weighted by Gasteiger charge is -2.29. The Morgan fingerprint density at radius 2 is 1.61 bits per heavy atom. The molecule has 1 unspecified atom stereocenters. The lowest BCUT2D eigenvalue weighted by atomic mass is 9.99. The van der Waals surface area contributed by atoms with Crippen molar-refractivity contribution < 1.29 is 35.8 Å². The van der Waals surface area contributed by atoms with Crippen molar-refractivity contribution >= 4 is 5.69 Å². The molecule has 1 heterocycles. The SMILES string of the molecule is FC(F)(F)Oc1cccc(-c2cccc3c2OCC(c2cccc(C(F)(F)F)c2)N3)c1. The third-order valence-corrected chi connectivity index (χ3v) is 4.73. The average Bonchev–Trinajstić information content (AvgIpc) is 2.71. The summed E-state index contributed by atoms with van der Waals surface area (Å²) in [5.74, 6) is 0.0306. The summed E-state index contributed by atoms with van der Waals surface area (Å²) < 4.78 is 86.4. The van der Waals surface area contributed by atoms with Gasteiger partial charge in [0.2, 0.25) is 0 Å². The van der Waals surface area contributed by atoms with Crippen molar-refractivity contribution in [1.82, 2.24) is 0 Å². The van der Waals surface area contributed by atoms with Gasteiger partial charge in [0, 0.05) is 5.56 Å². The number of ether oxygens (including phenoxy) is 2. The number of hydrogen-bond acceptors (Lipinski definition) is 3. The van der Waals surface area contributed by atoms with Crippen molar-refractivity contribution in [3.05, 3.63) is 77.9 Å². The van der Waals surface area contributed by atoms with Gasteiger partial charge in [0.05, 0.1) is 17.3 Å². The fraction of sp³-hybridized carbons (Fsp3) is 0.182. The van der Waals surface area contributed by atoms with E-state index in [-0.39, 0.29) is 12.4 Å². The molecule has 0 saturated carbocycles. The van der Waals surface area contributed by atoms with Crippen LogP contribution in [0.3, 0.4) is 0 Å². The van der Waals surface area contributed by atoms with Gasteiger partial charge < -0.3 is 14.8 Å². The van der Waals surface area contributed by atoms with E-state index in [4.69, 9.17) is 4.74 Å². The fourth-order valence-corrected chi connectivity index (χ4v) is 3.40. The molecule has 0 fully saturated rings. The molecule has 0 amide bonds. The van der Waals surface area contributed by atoms with E-state index in [9.17, 15) is 26.3 Å². The maximum Gasteiger partial charge on any atom is 0.573 e. The molecule has 9 heteroatoms. The smallest absolute Gasteiger partial charge is 0.488 e. The number of fused-ring (bicyclic) bond motifs is 1. The Morgan fingerprint density at radius 1 is 0.871 bits per heavy atom. The van der Waals surface area contributed by atoms with Gasteiger partial charge in [-0.3, -0.25) is 0 Å². The minimum absolute atomic E-state index is 0.0457. The highest BCUT2D eigenvalue weighted by atomic mass is 19.4. The maximum absolute atomic E-state index is 13.0. The van der Waals surface area contributed by atoms with Gasteiger partial charge >= 0.3 is 12.5 Å². The normalized spacial score (nSPS) is 16.1. The monoisotopic (exact) mass is 439 g/mol. The molecule has 1 N–H and O–H groups in total. The summed E-state index contributed by atoms with van der Waals surface area (Å²) >= 11 is 0. The first-order valence-electron chi connectivity index (χ1n) is 9.16. The molecule has 3 aromatic carbocycles. The van der Waals surface area contributed by atoms with Crippen LogP contribution in [0.15, 0.2) is 66.7 Å². The average molecular weight is 439 g/mol. The zero-order valence-corrected chi connectivity index (χ0v) is 15.7. The van der Waals surface area contributed by atoms with Gasteiger partial charge in [-0.2, -0.15) is 13.2 Å². The number of benzene rings is 3. The van der Waals surface area contributed by atoms with E-state index in [1.165, 1.54) is 24.3 Å². The molecule has 162 valence electrons. The number of halogens is 6. The van der Waals surface area contributed by atoms with Crippen LogP contribution in [0.2, 0.25) is 0 Å². The molecule has 31 heavy (non-hydrogen) atoms. The van der Waals surface area contributed by atoms with Crippen LogP contribution >= 0.6 is 0 Å². The number of para-hydroxylation sites is 1. The summed E-state index contributed by atoms with van der Waals surface area (Å²) in [5, 5.41) is 3.15. The van der Waals surface area contributed by atoms with Crippen LogP contribution in [-0.2, 0) is 6.18 Å². The van der Waals surface area contributed by atoms with Crippen molar-refractivity contribution in [3.63, 3.8) is 0 Å². The number of alkyl halides is 6. The predicted molar refractivity (Wildman–Crippen MR) is 102 cm³/mol. The molecule has 1 aliphatic heterocycles. The number of rotatable bonds is 3. The summed E-state index contributed by atoms with van der Waals surface area (Å²) in [4.78, 5) is 0. The minimum Gasteiger partial charge on any atom is -0.488 e. The zero-order chi connectivity index (χ0) is 22.2. The molecule has 0 spiro atoms. The molecular formula is C22H15F6NO2. The zero-order valence-electron chi connectivity index (χ0n) is 15.7. The van der Waals surface area contributed by atoms with Crippen LogP contribution < -0.4 is 14.8 Å². The third kappa shape index (κ3) is 4.70. The highest BCUT2D eigenvalue weighted by Crippen LogP contribution is 2.42. The van der Waals surface area contributed by atoms with Crippen molar-refractivity contribution in [2.24, 2.45) is 0 Å². The van der Waals surface area contributed by atoms with Crippen molar-refractivity contribution in [1.29, 1.82) is 0 Å². The summed E-state index contributed by atoms with van der Waals surface area (Å²) in [7, 11) is 0. The van der Waals surface area contributed by atoms with Gasteiger partial charge in [0.15, 0.2) is 0 Å². The molecule has 0 radical (unpaired) electrons. The van der Waals surface area contributed by atoms with E-state index in [1.807, 2.05) is 0 Å². The van der Waals surface area contributed by atoms with Crippen LogP contribution in [-0.4, -0.2) is 13.0 Å². The fourth-order valence-electron chi connectivity index (χ4n) is 3.40. The standard InChI is InChI=1S/C22H15F6NO2/c23-21(24,25)15-6-1-5-14(10-15)19-12-30-20-17(8-3-9-18(20)29-19)13-4-2-7-16(11-13)31-22(26,27)28/h1-11,19,29H,12H2. The van der Waals surface area contributed by atoms with Gasteiger partial charge in [0.1, 0.15) is 18.1 Å². The van der Waals surface area contributed by atoms with Gasteiger partial charge in [-0.05, 0) is 41.5 Å². The Hall–Kier alpha value is -3.36. The Balaban J connectivity index is 1.63. The topological polar surface area (TPSA) is 30.5 Å². The molecule has 0 aromatic heterocycles. The highest BCUT2D eigenvalue weighted by Gasteiger charge is 2.32. The first kappa shape index (κ1) is 20.9. The van der Waals surface area contributed by atoms with Crippen LogP contribution in [0.4, 0.5) is 32.0 Å². The lowest BCUT2D eigenvalue weighted by molar-refractivity contribution is -0.274. The Bertz CT molecular complexity index is 1090. The molecule has 3 aromatic rings. The van der Waals surface area contributed by atoms with E-state index in [0.29, 0.717) is 28.1 Å². The molecule has 1 aliphatic rings. The van der Waals surface area contributed by atoms with Crippen LogP contribution in [0, 0.1) is 0 Å². The molecule has 0 bridgehead atoms. The van der Waals surface area contributed by atoms with Crippen molar-refractivity contribution in [2.75, 3.05) is 11.9 Å². The van der Waals surface area contributed by atoms with Crippen molar-refractivity contribution in [3.8, 4) is 22.6 Å². The largest absolute Gasteiger partial charge is 0.573 e. The maximum atomic E-state index is 13.0. The van der Waals surface area contributed by atoms with Crippen LogP contribution in [0.25, 0.3) is 11.1 Å². The minimum atomic E-state index is -4.81. The highest BCUT2D eigenvalue weighted by molar-refractivity contribution is 5.79. The number of nitrogens with one attached hydrogen (secondary N) is 1. The first-order valence-corrected chi connectivity index (χ1v) is 9.16. The van der Waals surface area contributed by atoms with Crippen LogP contribution in [0.5, 0.6) is 11.5 Å². The van der Waals surface area contributed by atoms with Gasteiger partial charge in [-0.25, -0.2) is 0 Å². The van der Waals surface area contributed by atoms with Crippen molar-refractivity contribution in [2.45, 2.75) is 18.6 Å². The quantitative estimate of drug-likeness (QED) is 0.455. The predicted octanol–water partition coefficient (Wildman–Crippen LogP) is 6.82. The van der Waals surface area contributed by atoms with E-state index in [2.05, 4.69) is 10.1 Å². The molecular weight excluding hydrogens is 424 g/mol. The van der Waals surface area contributed by atoms with E-state index in [0.717, 1.165) is 12.1 Å². The van der Waals surface area contributed by atoms with E-state index in [1.54, 1.807) is 30.3 Å². The summed E-state index contributed by atoms with van der Waals surface area (Å²) in [6.45, 7) is 0.0457. The molecule has 1 atom stereocenters. The molecule has 0 aliphatic carbocycles. The lowest BCUT2D eigenvalue weighted by Crippen LogP contribution is -2.24. The molecule has 4 rings (SSSR count). The number of hydrogen-bond donors (Lipinski definition) is 1. The molecule has 0 saturated heterocycles. The third-order valence-electron chi connectivity index (χ3n) is 4.73. The Morgan fingerprint density at radius 3 is 2.35 bits per heavy atom. The second-order valence-electron chi connectivity index (χ2n) is 6.89. The summed E-state index contributed by atoms with van der Waals surface area (Å²) in [5.41, 5.74) is 1.14.